The van der Waals surface area contributed by atoms with Gasteiger partial charge in [0.15, 0.2) is 0 Å². The Bertz CT molecular complexity index is 1550. The van der Waals surface area contributed by atoms with Crippen molar-refractivity contribution in [3.05, 3.63) is 100 Å². The first kappa shape index (κ1) is 27.8. The maximum absolute atomic E-state index is 13.8. The highest BCUT2D eigenvalue weighted by Crippen LogP contribution is 2.48. The predicted molar refractivity (Wildman–Crippen MR) is 160 cm³/mol. The number of hydrogen-bond acceptors (Lipinski definition) is 5. The lowest BCUT2D eigenvalue weighted by molar-refractivity contribution is -0.123. The largest absolute Gasteiger partial charge is 0.467 e. The van der Waals surface area contributed by atoms with Crippen LogP contribution in [0.3, 0.4) is 0 Å². The number of carbonyl (C=O) groups is 2. The molecule has 1 atom stereocenters. The molecule has 1 aliphatic rings. The van der Waals surface area contributed by atoms with E-state index in [1.54, 1.807) is 29.0 Å². The average molecular weight is 557 g/mol. The minimum Gasteiger partial charge on any atom is -0.467 e. The van der Waals surface area contributed by atoms with Gasteiger partial charge in [-0.3, -0.25) is 14.5 Å². The summed E-state index contributed by atoms with van der Waals surface area (Å²) in [6.07, 6.45) is 1.57. The van der Waals surface area contributed by atoms with E-state index in [-0.39, 0.29) is 41.3 Å². The van der Waals surface area contributed by atoms with Gasteiger partial charge in [0.25, 0.3) is 0 Å². The van der Waals surface area contributed by atoms with Crippen molar-refractivity contribution in [2.45, 2.75) is 58.8 Å². The number of nitrogens with one attached hydrogen (secondary N) is 1. The SMILES string of the molecule is Cc1cccc([C@@H]2SCC(=O)N(CC(=O)NCc3ccco3)c3c2c(C(C)(C)C)nn3-c2cccc(C)c2C)c1. The van der Waals surface area contributed by atoms with E-state index in [2.05, 4.69) is 77.2 Å². The number of amides is 2. The van der Waals surface area contributed by atoms with Crippen LogP contribution in [0.25, 0.3) is 5.69 Å². The van der Waals surface area contributed by atoms with Crippen LogP contribution in [-0.4, -0.2) is 33.9 Å². The zero-order valence-corrected chi connectivity index (χ0v) is 24.8. The fourth-order valence-corrected chi connectivity index (χ4v) is 6.29. The van der Waals surface area contributed by atoms with Crippen molar-refractivity contribution >= 4 is 29.4 Å². The Morgan fingerprint density at radius 3 is 2.58 bits per heavy atom. The zero-order valence-electron chi connectivity index (χ0n) is 23.9. The third-order valence-corrected chi connectivity index (χ3v) is 8.54. The number of furan rings is 1. The number of fused-ring (bicyclic) bond motifs is 1. The Morgan fingerprint density at radius 2 is 1.88 bits per heavy atom. The van der Waals surface area contributed by atoms with Gasteiger partial charge in [0.05, 0.1) is 35.2 Å². The topological polar surface area (TPSA) is 80.4 Å². The molecule has 5 rings (SSSR count). The van der Waals surface area contributed by atoms with Crippen LogP contribution < -0.4 is 10.2 Å². The third-order valence-electron chi connectivity index (χ3n) is 7.29. The number of hydrogen-bond donors (Lipinski definition) is 1. The molecule has 0 spiro atoms. The smallest absolute Gasteiger partial charge is 0.240 e. The second kappa shape index (κ2) is 11.0. The summed E-state index contributed by atoms with van der Waals surface area (Å²) in [5.41, 5.74) is 6.97. The fraction of sp³-hybridized carbons (Fsp3) is 0.344. The number of anilines is 1. The van der Waals surface area contributed by atoms with Crippen LogP contribution >= 0.6 is 11.8 Å². The molecule has 2 aromatic heterocycles. The highest BCUT2D eigenvalue weighted by atomic mass is 32.2. The molecule has 40 heavy (non-hydrogen) atoms. The van der Waals surface area contributed by atoms with Gasteiger partial charge in [-0.1, -0.05) is 62.7 Å². The molecule has 0 fully saturated rings. The summed E-state index contributed by atoms with van der Waals surface area (Å²) in [6, 6.07) is 18.1. The van der Waals surface area contributed by atoms with E-state index < -0.39 is 0 Å². The fourth-order valence-electron chi connectivity index (χ4n) is 5.10. The number of rotatable bonds is 6. The van der Waals surface area contributed by atoms with Crippen molar-refractivity contribution in [2.75, 3.05) is 17.2 Å². The molecular formula is C32H36N4O3S. The van der Waals surface area contributed by atoms with Crippen LogP contribution in [0.2, 0.25) is 0 Å². The van der Waals surface area contributed by atoms with Crippen molar-refractivity contribution in [2.24, 2.45) is 0 Å². The molecule has 2 amide bonds. The Kier molecular flexibility index (Phi) is 7.64. The lowest BCUT2D eigenvalue weighted by atomic mass is 9.87. The molecule has 0 saturated carbocycles. The highest BCUT2D eigenvalue weighted by molar-refractivity contribution is 8.00. The van der Waals surface area contributed by atoms with Gasteiger partial charge >= 0.3 is 0 Å². The lowest BCUT2D eigenvalue weighted by Crippen LogP contribution is -2.42. The molecule has 208 valence electrons. The minimum absolute atomic E-state index is 0.117. The molecule has 3 heterocycles. The van der Waals surface area contributed by atoms with E-state index in [0.717, 1.165) is 39.2 Å². The van der Waals surface area contributed by atoms with Crippen molar-refractivity contribution in [3.8, 4) is 5.69 Å². The van der Waals surface area contributed by atoms with Crippen LogP contribution in [0.4, 0.5) is 5.82 Å². The summed E-state index contributed by atoms with van der Waals surface area (Å²) in [7, 11) is 0. The van der Waals surface area contributed by atoms with E-state index >= 15 is 0 Å². The van der Waals surface area contributed by atoms with E-state index in [0.29, 0.717) is 11.6 Å². The van der Waals surface area contributed by atoms with E-state index in [4.69, 9.17) is 9.52 Å². The van der Waals surface area contributed by atoms with E-state index in [1.807, 2.05) is 22.9 Å². The molecule has 0 unspecified atom stereocenters. The summed E-state index contributed by atoms with van der Waals surface area (Å²) in [5, 5.41) is 8.00. The molecule has 0 saturated heterocycles. The zero-order chi connectivity index (χ0) is 28.6. The predicted octanol–water partition coefficient (Wildman–Crippen LogP) is 6.17. The first-order chi connectivity index (χ1) is 19.0. The Balaban J connectivity index is 1.71. The van der Waals surface area contributed by atoms with Crippen molar-refractivity contribution in [3.63, 3.8) is 0 Å². The van der Waals surface area contributed by atoms with Gasteiger partial charge in [0.2, 0.25) is 11.8 Å². The van der Waals surface area contributed by atoms with Crippen LogP contribution in [0.5, 0.6) is 0 Å². The van der Waals surface area contributed by atoms with E-state index in [1.165, 1.54) is 0 Å². The normalized spacial score (nSPS) is 15.6. The molecule has 0 aliphatic carbocycles. The number of carbonyl (C=O) groups excluding carboxylic acids is 2. The molecule has 2 aromatic carbocycles. The number of thioether (sulfide) groups is 1. The summed E-state index contributed by atoms with van der Waals surface area (Å²) < 4.78 is 7.27. The van der Waals surface area contributed by atoms with Gasteiger partial charge < -0.3 is 9.73 Å². The van der Waals surface area contributed by atoms with Crippen LogP contribution in [-0.2, 0) is 21.5 Å². The number of aryl methyl sites for hydroxylation is 2. The first-order valence-electron chi connectivity index (χ1n) is 13.5. The Hall–Kier alpha value is -3.78. The van der Waals surface area contributed by atoms with Gasteiger partial charge in [-0.05, 0) is 55.7 Å². The summed E-state index contributed by atoms with van der Waals surface area (Å²) in [6.45, 7) is 12.8. The van der Waals surface area contributed by atoms with Gasteiger partial charge in [-0.2, -0.15) is 5.10 Å². The van der Waals surface area contributed by atoms with E-state index in [9.17, 15) is 9.59 Å². The van der Waals surface area contributed by atoms with Crippen molar-refractivity contribution < 1.29 is 14.0 Å². The second-order valence-corrected chi connectivity index (χ2v) is 12.5. The molecule has 7 nitrogen and oxygen atoms in total. The summed E-state index contributed by atoms with van der Waals surface area (Å²) in [5.74, 6) is 1.17. The number of benzene rings is 2. The standard InChI is InChI=1S/C32H36N4O3S/c1-20-10-7-12-23(16-20)29-28-30(32(4,5)6)34-36(25-14-8-11-21(2)22(25)3)31(28)35(27(38)19-40-29)18-26(37)33-17-24-13-9-15-39-24/h7-16,29H,17-19H2,1-6H3,(H,33,37)/t29-/m0/s1. The second-order valence-electron chi connectivity index (χ2n) is 11.4. The highest BCUT2D eigenvalue weighted by Gasteiger charge is 2.40. The van der Waals surface area contributed by atoms with Gasteiger partial charge in [0.1, 0.15) is 18.1 Å². The average Bonchev–Trinajstić information content (AvgIpc) is 3.53. The molecule has 0 radical (unpaired) electrons. The molecular weight excluding hydrogens is 520 g/mol. The summed E-state index contributed by atoms with van der Waals surface area (Å²) >= 11 is 1.59. The Labute approximate surface area is 239 Å². The maximum atomic E-state index is 13.8. The number of nitrogens with zero attached hydrogens (tertiary/aromatic N) is 3. The molecule has 8 heteroatoms. The van der Waals surface area contributed by atoms with Gasteiger partial charge in [-0.15, -0.1) is 11.8 Å². The lowest BCUT2D eigenvalue weighted by Gasteiger charge is -2.25. The molecule has 1 N–H and O–H groups in total. The van der Waals surface area contributed by atoms with Crippen molar-refractivity contribution in [1.29, 1.82) is 0 Å². The van der Waals surface area contributed by atoms with Crippen LogP contribution in [0.15, 0.2) is 65.3 Å². The molecule has 0 bridgehead atoms. The molecule has 4 aromatic rings. The summed E-state index contributed by atoms with van der Waals surface area (Å²) in [4.78, 5) is 28.7. The Morgan fingerprint density at radius 1 is 1.10 bits per heavy atom. The van der Waals surface area contributed by atoms with Crippen molar-refractivity contribution in [1.82, 2.24) is 15.1 Å². The van der Waals surface area contributed by atoms with Gasteiger partial charge in [-0.25, -0.2) is 4.68 Å². The maximum Gasteiger partial charge on any atom is 0.240 e. The third kappa shape index (κ3) is 5.45. The number of aromatic nitrogens is 2. The molecule has 1 aliphatic heterocycles. The minimum atomic E-state index is -0.309. The van der Waals surface area contributed by atoms with Gasteiger partial charge in [0, 0.05) is 11.0 Å². The first-order valence-corrected chi connectivity index (χ1v) is 14.6. The van der Waals surface area contributed by atoms with Crippen LogP contribution in [0, 0.1) is 20.8 Å². The quantitative estimate of drug-likeness (QED) is 0.307. The monoisotopic (exact) mass is 556 g/mol. The van der Waals surface area contributed by atoms with Crippen LogP contribution in [0.1, 0.15) is 65.3 Å².